The van der Waals surface area contributed by atoms with Crippen LogP contribution in [0.4, 0.5) is 5.69 Å². The second kappa shape index (κ2) is 6.73. The van der Waals surface area contributed by atoms with Gasteiger partial charge in [-0.25, -0.2) is 0 Å². The molecule has 1 aromatic rings. The zero-order chi connectivity index (χ0) is 15.3. The molecule has 0 bridgehead atoms. The largest absolute Gasteiger partial charge is 0.329 e. The minimum Gasteiger partial charge on any atom is -0.329 e. The topological polar surface area (TPSA) is 78.9 Å². The highest BCUT2D eigenvalue weighted by Gasteiger charge is 2.37. The summed E-state index contributed by atoms with van der Waals surface area (Å²) in [6.45, 7) is 2.31. The molecule has 3 N–H and O–H groups in total. The van der Waals surface area contributed by atoms with E-state index >= 15 is 0 Å². The minimum atomic E-state index is -0.453. The number of hydrogen-bond acceptors (Lipinski definition) is 3. The lowest BCUT2D eigenvalue weighted by molar-refractivity contribution is -0.125. The van der Waals surface area contributed by atoms with Gasteiger partial charge < -0.3 is 11.1 Å². The number of hydrogen-bond donors (Lipinski definition) is 2. The van der Waals surface area contributed by atoms with Gasteiger partial charge in [-0.2, -0.15) is 5.26 Å². The highest BCUT2D eigenvalue weighted by molar-refractivity contribution is 5.96. The van der Waals surface area contributed by atoms with Crippen molar-refractivity contribution in [2.45, 2.75) is 45.4 Å². The van der Waals surface area contributed by atoms with E-state index in [1.54, 1.807) is 12.1 Å². The molecule has 0 unspecified atom stereocenters. The maximum atomic E-state index is 12.8. The average Bonchev–Trinajstić information content (AvgIpc) is 2.76. The Bertz CT molecular complexity index is 552. The highest BCUT2D eigenvalue weighted by Crippen LogP contribution is 2.35. The van der Waals surface area contributed by atoms with E-state index in [1.807, 2.05) is 13.0 Å². The summed E-state index contributed by atoms with van der Waals surface area (Å²) in [5.41, 5.74) is 7.72. The first-order valence-electron chi connectivity index (χ1n) is 7.63. The standard InChI is InChI=1S/C17H23N3O/c1-13-6-7-14(11-18)10-15(13)20-16(21)17(12-19)8-4-2-3-5-9-17/h6-7,10H,2-5,8-9,12,19H2,1H3,(H,20,21). The Hall–Kier alpha value is -1.86. The molecule has 0 spiro atoms. The Morgan fingerprint density at radius 2 is 2.00 bits per heavy atom. The Morgan fingerprint density at radius 1 is 1.33 bits per heavy atom. The third-order valence-corrected chi connectivity index (χ3v) is 4.55. The number of benzene rings is 1. The molecule has 0 atom stereocenters. The fourth-order valence-corrected chi connectivity index (χ4v) is 3.01. The molecule has 2 rings (SSSR count). The number of carbonyl (C=O) groups excluding carboxylic acids is 1. The van der Waals surface area contributed by atoms with Crippen molar-refractivity contribution in [3.05, 3.63) is 29.3 Å². The van der Waals surface area contributed by atoms with E-state index in [1.165, 1.54) is 12.8 Å². The maximum Gasteiger partial charge on any atom is 0.231 e. The second-order valence-electron chi connectivity index (χ2n) is 5.99. The number of rotatable bonds is 3. The first kappa shape index (κ1) is 15.5. The number of anilines is 1. The Kier molecular flexibility index (Phi) is 4.98. The van der Waals surface area contributed by atoms with Gasteiger partial charge in [-0.1, -0.05) is 31.7 Å². The van der Waals surface area contributed by atoms with E-state index < -0.39 is 5.41 Å². The number of nitrogens with two attached hydrogens (primary N) is 1. The van der Waals surface area contributed by atoms with Gasteiger partial charge in [0.25, 0.3) is 0 Å². The van der Waals surface area contributed by atoms with Crippen molar-refractivity contribution in [1.29, 1.82) is 5.26 Å². The van der Waals surface area contributed by atoms with Crippen LogP contribution in [0.5, 0.6) is 0 Å². The van der Waals surface area contributed by atoms with Gasteiger partial charge in [0, 0.05) is 12.2 Å². The fourth-order valence-electron chi connectivity index (χ4n) is 3.01. The minimum absolute atomic E-state index is 0.00471. The van der Waals surface area contributed by atoms with E-state index in [0.29, 0.717) is 12.1 Å². The average molecular weight is 285 g/mol. The molecular formula is C17H23N3O. The van der Waals surface area contributed by atoms with Crippen LogP contribution in [0.1, 0.15) is 49.7 Å². The van der Waals surface area contributed by atoms with Crippen LogP contribution in [0.15, 0.2) is 18.2 Å². The molecular weight excluding hydrogens is 262 g/mol. The molecule has 1 fully saturated rings. The maximum absolute atomic E-state index is 12.8. The van der Waals surface area contributed by atoms with Crippen molar-refractivity contribution in [1.82, 2.24) is 0 Å². The summed E-state index contributed by atoms with van der Waals surface area (Å²) in [5.74, 6) is 0.00471. The summed E-state index contributed by atoms with van der Waals surface area (Å²) >= 11 is 0. The second-order valence-corrected chi connectivity index (χ2v) is 5.99. The van der Waals surface area contributed by atoms with Crippen molar-refractivity contribution < 1.29 is 4.79 Å². The number of nitrogens with one attached hydrogen (secondary N) is 1. The molecule has 1 saturated carbocycles. The summed E-state index contributed by atoms with van der Waals surface area (Å²) in [4.78, 5) is 12.8. The summed E-state index contributed by atoms with van der Waals surface area (Å²) in [5, 5.41) is 12.0. The zero-order valence-electron chi connectivity index (χ0n) is 12.6. The summed E-state index contributed by atoms with van der Waals surface area (Å²) in [6, 6.07) is 7.45. The molecule has 0 aromatic heterocycles. The van der Waals surface area contributed by atoms with Gasteiger partial charge in [-0.15, -0.1) is 0 Å². The van der Waals surface area contributed by atoms with E-state index in [0.717, 1.165) is 36.9 Å². The lowest BCUT2D eigenvalue weighted by Gasteiger charge is -2.30. The normalized spacial score (nSPS) is 17.6. The molecule has 4 heteroatoms. The van der Waals surface area contributed by atoms with Gasteiger partial charge >= 0.3 is 0 Å². The van der Waals surface area contributed by atoms with Crippen LogP contribution in [0.25, 0.3) is 0 Å². The molecule has 21 heavy (non-hydrogen) atoms. The van der Waals surface area contributed by atoms with Gasteiger partial charge in [-0.05, 0) is 37.5 Å². The molecule has 0 aliphatic heterocycles. The third-order valence-electron chi connectivity index (χ3n) is 4.55. The number of nitriles is 1. The molecule has 4 nitrogen and oxygen atoms in total. The SMILES string of the molecule is Cc1ccc(C#N)cc1NC(=O)C1(CN)CCCCCC1. The number of amides is 1. The van der Waals surface area contributed by atoms with Gasteiger partial charge in [0.15, 0.2) is 0 Å². The van der Waals surface area contributed by atoms with Crippen molar-refractivity contribution in [3.8, 4) is 6.07 Å². The Morgan fingerprint density at radius 3 is 2.57 bits per heavy atom. The molecule has 1 aliphatic carbocycles. The van der Waals surface area contributed by atoms with Crippen LogP contribution in [-0.4, -0.2) is 12.5 Å². The van der Waals surface area contributed by atoms with Crippen LogP contribution in [0.2, 0.25) is 0 Å². The van der Waals surface area contributed by atoms with Crippen LogP contribution in [-0.2, 0) is 4.79 Å². The predicted molar refractivity (Wildman–Crippen MR) is 83.7 cm³/mol. The van der Waals surface area contributed by atoms with Gasteiger partial charge in [0.1, 0.15) is 0 Å². The fraction of sp³-hybridized carbons (Fsp3) is 0.529. The van der Waals surface area contributed by atoms with Gasteiger partial charge in [0.05, 0.1) is 17.0 Å². The van der Waals surface area contributed by atoms with Gasteiger partial charge in [-0.3, -0.25) is 4.79 Å². The van der Waals surface area contributed by atoms with Crippen LogP contribution < -0.4 is 11.1 Å². The monoisotopic (exact) mass is 285 g/mol. The van der Waals surface area contributed by atoms with Crippen molar-refractivity contribution in [3.63, 3.8) is 0 Å². The molecule has 0 saturated heterocycles. The smallest absolute Gasteiger partial charge is 0.231 e. The quantitative estimate of drug-likeness (QED) is 0.837. The third kappa shape index (κ3) is 3.43. The van der Waals surface area contributed by atoms with Crippen molar-refractivity contribution >= 4 is 11.6 Å². The number of aryl methyl sites for hydroxylation is 1. The molecule has 0 heterocycles. The highest BCUT2D eigenvalue weighted by atomic mass is 16.2. The van der Waals surface area contributed by atoms with Gasteiger partial charge in [0.2, 0.25) is 5.91 Å². The van der Waals surface area contributed by atoms with Crippen molar-refractivity contribution in [2.24, 2.45) is 11.1 Å². The van der Waals surface area contributed by atoms with Crippen LogP contribution in [0, 0.1) is 23.7 Å². The van der Waals surface area contributed by atoms with Crippen LogP contribution >= 0.6 is 0 Å². The molecule has 1 amide bonds. The van der Waals surface area contributed by atoms with E-state index in [-0.39, 0.29) is 5.91 Å². The number of carbonyl (C=O) groups is 1. The number of nitrogens with zero attached hydrogens (tertiary/aromatic N) is 1. The lowest BCUT2D eigenvalue weighted by Crippen LogP contribution is -2.42. The molecule has 1 aromatic carbocycles. The van der Waals surface area contributed by atoms with Crippen LogP contribution in [0.3, 0.4) is 0 Å². The van der Waals surface area contributed by atoms with Crippen molar-refractivity contribution in [2.75, 3.05) is 11.9 Å². The Balaban J connectivity index is 2.21. The molecule has 0 radical (unpaired) electrons. The lowest BCUT2D eigenvalue weighted by atomic mass is 9.79. The van der Waals surface area contributed by atoms with E-state index in [9.17, 15) is 4.79 Å². The predicted octanol–water partition coefficient (Wildman–Crippen LogP) is 3.10. The first-order chi connectivity index (χ1) is 10.1. The Labute approximate surface area is 126 Å². The van der Waals surface area contributed by atoms with E-state index in [2.05, 4.69) is 11.4 Å². The summed E-state index contributed by atoms with van der Waals surface area (Å²) in [6.07, 6.45) is 6.18. The molecule has 1 aliphatic rings. The van der Waals surface area contributed by atoms with E-state index in [4.69, 9.17) is 11.0 Å². The summed E-state index contributed by atoms with van der Waals surface area (Å²) in [7, 11) is 0. The first-order valence-corrected chi connectivity index (χ1v) is 7.63. The molecule has 112 valence electrons. The zero-order valence-corrected chi connectivity index (χ0v) is 12.6. The summed E-state index contributed by atoms with van der Waals surface area (Å²) < 4.78 is 0.